The topological polar surface area (TPSA) is 49.8 Å². The Balaban J connectivity index is 1.71. The van der Waals surface area contributed by atoms with Crippen LogP contribution in [0.4, 0.5) is 0 Å². The normalized spacial score (nSPS) is 17.0. The molecule has 0 amide bonds. The zero-order valence-electron chi connectivity index (χ0n) is 15.4. The maximum absolute atomic E-state index is 12.8. The average Bonchev–Trinajstić information content (AvgIpc) is 2.64. The second-order valence-electron chi connectivity index (χ2n) is 7.11. The number of piperidine rings is 1. The molecule has 1 aliphatic heterocycles. The van der Waals surface area contributed by atoms with Gasteiger partial charge in [0.2, 0.25) is 0 Å². The minimum absolute atomic E-state index is 0.109. The van der Waals surface area contributed by atoms with Crippen LogP contribution in [0.1, 0.15) is 30.9 Å². The molecule has 4 heteroatoms. The quantitative estimate of drug-likeness (QED) is 0.803. The number of benzene rings is 2. The van der Waals surface area contributed by atoms with Gasteiger partial charge in [-0.05, 0) is 62.5 Å². The minimum Gasteiger partial charge on any atom is -0.508 e. The lowest BCUT2D eigenvalue weighted by Crippen LogP contribution is -2.46. The predicted molar refractivity (Wildman–Crippen MR) is 102 cm³/mol. The van der Waals surface area contributed by atoms with Gasteiger partial charge in [0.1, 0.15) is 5.75 Å². The van der Waals surface area contributed by atoms with Crippen LogP contribution in [0.2, 0.25) is 0 Å². The molecule has 2 aromatic carbocycles. The molecule has 0 aromatic heterocycles. The van der Waals surface area contributed by atoms with Gasteiger partial charge in [-0.1, -0.05) is 42.5 Å². The Morgan fingerprint density at radius 3 is 2.42 bits per heavy atom. The molecule has 26 heavy (non-hydrogen) atoms. The first-order chi connectivity index (χ1) is 12.6. The van der Waals surface area contributed by atoms with E-state index in [-0.39, 0.29) is 11.7 Å². The second-order valence-corrected chi connectivity index (χ2v) is 7.11. The van der Waals surface area contributed by atoms with E-state index in [0.717, 1.165) is 38.0 Å². The lowest BCUT2D eigenvalue weighted by molar-refractivity contribution is -0.158. The van der Waals surface area contributed by atoms with E-state index in [1.807, 2.05) is 25.1 Å². The van der Waals surface area contributed by atoms with Crippen molar-refractivity contribution in [2.75, 3.05) is 19.7 Å². The van der Waals surface area contributed by atoms with Crippen molar-refractivity contribution in [1.82, 2.24) is 4.90 Å². The van der Waals surface area contributed by atoms with Gasteiger partial charge >= 0.3 is 5.97 Å². The van der Waals surface area contributed by atoms with Crippen LogP contribution in [-0.4, -0.2) is 35.7 Å². The van der Waals surface area contributed by atoms with Gasteiger partial charge in [-0.2, -0.15) is 0 Å². The van der Waals surface area contributed by atoms with E-state index < -0.39 is 5.41 Å². The van der Waals surface area contributed by atoms with E-state index in [4.69, 9.17) is 4.74 Å². The highest BCUT2D eigenvalue weighted by Gasteiger charge is 2.42. The number of carbonyl (C=O) groups excluding carboxylic acids is 1. The van der Waals surface area contributed by atoms with Crippen LogP contribution in [0, 0.1) is 5.41 Å². The molecule has 138 valence electrons. The molecule has 1 saturated heterocycles. The van der Waals surface area contributed by atoms with Gasteiger partial charge < -0.3 is 9.84 Å². The molecule has 0 saturated carbocycles. The largest absolute Gasteiger partial charge is 0.508 e. The smallest absolute Gasteiger partial charge is 0.312 e. The highest BCUT2D eigenvalue weighted by molar-refractivity contribution is 5.77. The van der Waals surface area contributed by atoms with E-state index in [9.17, 15) is 9.90 Å². The van der Waals surface area contributed by atoms with Crippen molar-refractivity contribution in [3.05, 3.63) is 65.7 Å². The number of carbonyl (C=O) groups is 1. The van der Waals surface area contributed by atoms with Crippen molar-refractivity contribution in [3.63, 3.8) is 0 Å². The number of nitrogens with zero attached hydrogens (tertiary/aromatic N) is 1. The Labute approximate surface area is 155 Å². The summed E-state index contributed by atoms with van der Waals surface area (Å²) in [6.45, 7) is 4.89. The molecule has 0 bridgehead atoms. The van der Waals surface area contributed by atoms with E-state index in [1.54, 1.807) is 12.1 Å². The van der Waals surface area contributed by atoms with E-state index >= 15 is 0 Å². The van der Waals surface area contributed by atoms with E-state index in [2.05, 4.69) is 29.2 Å². The molecule has 2 aromatic rings. The third kappa shape index (κ3) is 4.44. The van der Waals surface area contributed by atoms with Gasteiger partial charge in [0.05, 0.1) is 12.0 Å². The fourth-order valence-electron chi connectivity index (χ4n) is 3.78. The molecule has 1 heterocycles. The Hall–Kier alpha value is -2.33. The number of esters is 1. The van der Waals surface area contributed by atoms with Crippen molar-refractivity contribution >= 4 is 5.97 Å². The molecule has 0 unspecified atom stereocenters. The van der Waals surface area contributed by atoms with Crippen LogP contribution >= 0.6 is 0 Å². The Bertz CT molecular complexity index is 721. The van der Waals surface area contributed by atoms with Gasteiger partial charge in [0.15, 0.2) is 0 Å². The van der Waals surface area contributed by atoms with Crippen molar-refractivity contribution in [2.45, 2.75) is 32.7 Å². The number of phenolic OH excluding ortho intramolecular Hbond substituents is 1. The molecule has 0 spiro atoms. The average molecular weight is 353 g/mol. The van der Waals surface area contributed by atoms with Gasteiger partial charge in [-0.25, -0.2) is 0 Å². The number of ether oxygens (including phenoxy) is 1. The first-order valence-corrected chi connectivity index (χ1v) is 9.33. The van der Waals surface area contributed by atoms with Crippen LogP contribution in [0.25, 0.3) is 0 Å². The van der Waals surface area contributed by atoms with Gasteiger partial charge in [-0.15, -0.1) is 0 Å². The third-order valence-electron chi connectivity index (χ3n) is 5.22. The number of likely N-dealkylation sites (tertiary alicyclic amines) is 1. The highest BCUT2D eigenvalue weighted by atomic mass is 16.5. The SMILES string of the molecule is CCOC(=O)C1(Cc2cccc(O)c2)CCN(Cc2ccccc2)CC1. The van der Waals surface area contributed by atoms with Crippen LogP contribution in [0.15, 0.2) is 54.6 Å². The van der Waals surface area contributed by atoms with Crippen LogP contribution < -0.4 is 0 Å². The zero-order chi connectivity index (χ0) is 18.4. The van der Waals surface area contributed by atoms with Gasteiger partial charge in [-0.3, -0.25) is 9.69 Å². The summed E-state index contributed by atoms with van der Waals surface area (Å²) in [7, 11) is 0. The summed E-state index contributed by atoms with van der Waals surface area (Å²) >= 11 is 0. The van der Waals surface area contributed by atoms with Crippen molar-refractivity contribution in [2.24, 2.45) is 5.41 Å². The molecule has 0 aliphatic carbocycles. The summed E-state index contributed by atoms with van der Waals surface area (Å²) in [6, 6.07) is 17.6. The number of rotatable bonds is 6. The fraction of sp³-hybridized carbons (Fsp3) is 0.409. The minimum atomic E-state index is -0.503. The molecule has 1 fully saturated rings. The molecule has 0 radical (unpaired) electrons. The molecular formula is C22H27NO3. The van der Waals surface area contributed by atoms with Crippen molar-refractivity contribution in [3.8, 4) is 5.75 Å². The molecule has 4 nitrogen and oxygen atoms in total. The van der Waals surface area contributed by atoms with E-state index in [1.165, 1.54) is 5.56 Å². The second kappa shape index (κ2) is 8.37. The van der Waals surface area contributed by atoms with Crippen LogP contribution in [0.5, 0.6) is 5.75 Å². The zero-order valence-corrected chi connectivity index (χ0v) is 15.4. The maximum atomic E-state index is 12.8. The molecule has 0 atom stereocenters. The predicted octanol–water partition coefficient (Wildman–Crippen LogP) is 3.78. The van der Waals surface area contributed by atoms with Crippen molar-refractivity contribution in [1.29, 1.82) is 0 Å². The Morgan fingerprint density at radius 1 is 1.08 bits per heavy atom. The van der Waals surface area contributed by atoms with Crippen LogP contribution in [-0.2, 0) is 22.5 Å². The standard InChI is InChI=1S/C22H27NO3/c1-2-26-21(25)22(16-19-9-6-10-20(24)15-19)11-13-23(14-12-22)17-18-7-4-3-5-8-18/h3-10,15,24H,2,11-14,16-17H2,1H3. The lowest BCUT2D eigenvalue weighted by atomic mass is 9.73. The summed E-state index contributed by atoms with van der Waals surface area (Å²) in [4.78, 5) is 15.2. The summed E-state index contributed by atoms with van der Waals surface area (Å²) in [5, 5.41) is 9.75. The first-order valence-electron chi connectivity index (χ1n) is 9.33. The van der Waals surface area contributed by atoms with Crippen LogP contribution in [0.3, 0.4) is 0 Å². The lowest BCUT2D eigenvalue weighted by Gasteiger charge is -2.40. The molecule has 3 rings (SSSR count). The summed E-state index contributed by atoms with van der Waals surface area (Å²) in [6.07, 6.45) is 2.15. The Morgan fingerprint density at radius 2 is 1.77 bits per heavy atom. The summed E-state index contributed by atoms with van der Waals surface area (Å²) in [5.41, 5.74) is 1.77. The molecular weight excluding hydrogens is 326 g/mol. The summed E-state index contributed by atoms with van der Waals surface area (Å²) < 4.78 is 5.42. The monoisotopic (exact) mass is 353 g/mol. The number of aromatic hydroxyl groups is 1. The first kappa shape index (κ1) is 18.5. The third-order valence-corrected chi connectivity index (χ3v) is 5.22. The van der Waals surface area contributed by atoms with Crippen molar-refractivity contribution < 1.29 is 14.6 Å². The highest BCUT2D eigenvalue weighted by Crippen LogP contribution is 2.37. The maximum Gasteiger partial charge on any atom is 0.312 e. The molecule has 1 N–H and O–H groups in total. The van der Waals surface area contributed by atoms with E-state index in [0.29, 0.717) is 13.0 Å². The summed E-state index contributed by atoms with van der Waals surface area (Å²) in [5.74, 6) is 0.130. The molecule has 1 aliphatic rings. The number of hydrogen-bond donors (Lipinski definition) is 1. The number of phenols is 1. The van der Waals surface area contributed by atoms with Gasteiger partial charge in [0.25, 0.3) is 0 Å². The fourth-order valence-corrected chi connectivity index (χ4v) is 3.78. The Kier molecular flexibility index (Phi) is 5.94. The van der Waals surface area contributed by atoms with Gasteiger partial charge in [0, 0.05) is 6.54 Å². The number of hydrogen-bond acceptors (Lipinski definition) is 4.